The number of aryl methyl sites for hydroxylation is 1. The summed E-state index contributed by atoms with van der Waals surface area (Å²) in [5, 5.41) is 4.71. The van der Waals surface area contributed by atoms with Gasteiger partial charge in [0.25, 0.3) is 0 Å². The fourth-order valence-electron chi connectivity index (χ4n) is 2.36. The predicted molar refractivity (Wildman–Crippen MR) is 104 cm³/mol. The Labute approximate surface area is 154 Å². The lowest BCUT2D eigenvalue weighted by atomic mass is 10.1. The minimum atomic E-state index is 0.655. The van der Waals surface area contributed by atoms with Crippen molar-refractivity contribution < 1.29 is 0 Å². The molecule has 1 aromatic heterocycles. The van der Waals surface area contributed by atoms with Gasteiger partial charge < -0.3 is 10.2 Å². The van der Waals surface area contributed by atoms with Gasteiger partial charge >= 0.3 is 0 Å². The first-order chi connectivity index (χ1) is 11.5. The van der Waals surface area contributed by atoms with Crippen molar-refractivity contribution in [2.45, 2.75) is 33.1 Å². The molecule has 0 saturated heterocycles. The van der Waals surface area contributed by atoms with Crippen molar-refractivity contribution in [3.8, 4) is 0 Å². The van der Waals surface area contributed by atoms with Crippen LogP contribution >= 0.6 is 23.2 Å². The number of nitrogens with one attached hydrogen (secondary N) is 1. The summed E-state index contributed by atoms with van der Waals surface area (Å²) in [7, 11) is 2.03. The van der Waals surface area contributed by atoms with Crippen LogP contribution in [0.3, 0.4) is 0 Å². The third-order valence-corrected chi connectivity index (χ3v) is 4.33. The second-order valence-corrected chi connectivity index (χ2v) is 6.73. The zero-order chi connectivity index (χ0) is 17.5. The summed E-state index contributed by atoms with van der Waals surface area (Å²) < 4.78 is 0. The lowest BCUT2D eigenvalue weighted by molar-refractivity contribution is 0.748. The van der Waals surface area contributed by atoms with Crippen LogP contribution in [-0.2, 0) is 6.42 Å². The second kappa shape index (κ2) is 9.09. The van der Waals surface area contributed by atoms with Crippen LogP contribution in [0.5, 0.6) is 0 Å². The van der Waals surface area contributed by atoms with Crippen LogP contribution in [0, 0.1) is 6.92 Å². The highest BCUT2D eigenvalue weighted by Crippen LogP contribution is 2.21. The summed E-state index contributed by atoms with van der Waals surface area (Å²) in [5.41, 5.74) is 2.02. The summed E-state index contributed by atoms with van der Waals surface area (Å²) in [6.45, 7) is 5.87. The van der Waals surface area contributed by atoms with Crippen LogP contribution in [0.2, 0.25) is 10.0 Å². The van der Waals surface area contributed by atoms with Crippen molar-refractivity contribution in [1.29, 1.82) is 0 Å². The van der Waals surface area contributed by atoms with Gasteiger partial charge in [0.15, 0.2) is 0 Å². The molecule has 0 fully saturated rings. The Hall–Kier alpha value is -1.52. The van der Waals surface area contributed by atoms with E-state index >= 15 is 0 Å². The number of benzene rings is 1. The number of unbranched alkanes of at least 4 members (excludes halogenated alkanes) is 1. The molecule has 0 amide bonds. The van der Waals surface area contributed by atoms with E-state index in [-0.39, 0.29) is 0 Å². The predicted octanol–water partition coefficient (Wildman–Crippen LogP) is 4.98. The smallest absolute Gasteiger partial charge is 0.227 e. The van der Waals surface area contributed by atoms with E-state index in [1.807, 2.05) is 32.2 Å². The molecule has 1 heterocycles. The molecule has 1 aromatic carbocycles. The fraction of sp³-hybridized carbons (Fsp3) is 0.444. The zero-order valence-corrected chi connectivity index (χ0v) is 16.0. The van der Waals surface area contributed by atoms with Gasteiger partial charge in [0.1, 0.15) is 5.82 Å². The second-order valence-electron chi connectivity index (χ2n) is 5.88. The standard InChI is InChI=1S/C18H24Cl2N4/c1-4-5-10-24(3)18-22-13(2)11-17(23-18)21-9-8-14-6-7-15(19)12-16(14)20/h6-7,11-12H,4-5,8-10H2,1-3H3,(H,21,22,23). The Balaban J connectivity index is 1.98. The first-order valence-electron chi connectivity index (χ1n) is 8.24. The van der Waals surface area contributed by atoms with Gasteiger partial charge in [-0.3, -0.25) is 0 Å². The normalized spacial score (nSPS) is 10.7. The molecule has 0 unspecified atom stereocenters. The third kappa shape index (κ3) is 5.53. The molecule has 130 valence electrons. The number of halogens is 2. The summed E-state index contributed by atoms with van der Waals surface area (Å²) in [6, 6.07) is 7.55. The Bertz CT molecular complexity index is 676. The number of rotatable bonds is 8. The molecular formula is C18H24Cl2N4. The maximum atomic E-state index is 6.21. The van der Waals surface area contributed by atoms with E-state index < -0.39 is 0 Å². The van der Waals surface area contributed by atoms with E-state index in [0.29, 0.717) is 10.0 Å². The van der Waals surface area contributed by atoms with Gasteiger partial charge in [-0.2, -0.15) is 4.98 Å². The Morgan fingerprint density at radius 2 is 1.96 bits per heavy atom. The van der Waals surface area contributed by atoms with E-state index in [4.69, 9.17) is 23.2 Å². The van der Waals surface area contributed by atoms with Gasteiger partial charge in [-0.15, -0.1) is 0 Å². The molecule has 0 saturated carbocycles. The van der Waals surface area contributed by atoms with Crippen molar-refractivity contribution in [3.05, 3.63) is 45.6 Å². The fourth-order valence-corrected chi connectivity index (χ4v) is 2.86. The van der Waals surface area contributed by atoms with E-state index in [0.717, 1.165) is 55.4 Å². The molecule has 0 aliphatic carbocycles. The van der Waals surface area contributed by atoms with E-state index in [1.54, 1.807) is 6.07 Å². The SMILES string of the molecule is CCCCN(C)c1nc(C)cc(NCCc2ccc(Cl)cc2Cl)n1. The van der Waals surface area contributed by atoms with Gasteiger partial charge in [-0.1, -0.05) is 42.6 Å². The van der Waals surface area contributed by atoms with Gasteiger partial charge in [-0.05, 0) is 37.5 Å². The minimum Gasteiger partial charge on any atom is -0.370 e. The molecule has 2 aromatic rings. The zero-order valence-electron chi connectivity index (χ0n) is 14.4. The van der Waals surface area contributed by atoms with Crippen molar-refractivity contribution in [2.75, 3.05) is 30.4 Å². The molecular weight excluding hydrogens is 343 g/mol. The molecule has 0 spiro atoms. The topological polar surface area (TPSA) is 41.1 Å². The van der Waals surface area contributed by atoms with Gasteiger partial charge in [-0.25, -0.2) is 4.98 Å². The Kier molecular flexibility index (Phi) is 7.13. The maximum Gasteiger partial charge on any atom is 0.227 e. The van der Waals surface area contributed by atoms with Crippen LogP contribution in [0.25, 0.3) is 0 Å². The molecule has 0 aliphatic heterocycles. The van der Waals surface area contributed by atoms with E-state index in [1.165, 1.54) is 0 Å². The van der Waals surface area contributed by atoms with E-state index in [2.05, 4.69) is 27.1 Å². The number of nitrogens with zero attached hydrogens (tertiary/aromatic N) is 3. The van der Waals surface area contributed by atoms with Crippen LogP contribution in [0.4, 0.5) is 11.8 Å². The van der Waals surface area contributed by atoms with Crippen molar-refractivity contribution in [2.24, 2.45) is 0 Å². The summed E-state index contributed by atoms with van der Waals surface area (Å²) in [5.74, 6) is 1.60. The average Bonchev–Trinajstić information content (AvgIpc) is 2.54. The van der Waals surface area contributed by atoms with Gasteiger partial charge in [0.05, 0.1) is 0 Å². The van der Waals surface area contributed by atoms with Crippen molar-refractivity contribution >= 4 is 35.0 Å². The molecule has 0 atom stereocenters. The molecule has 0 aliphatic rings. The third-order valence-electron chi connectivity index (χ3n) is 3.75. The Morgan fingerprint density at radius 1 is 1.17 bits per heavy atom. The highest BCUT2D eigenvalue weighted by molar-refractivity contribution is 6.35. The molecule has 0 bridgehead atoms. The van der Waals surface area contributed by atoms with Crippen LogP contribution in [0.15, 0.2) is 24.3 Å². The van der Waals surface area contributed by atoms with Crippen LogP contribution in [0.1, 0.15) is 31.0 Å². The molecule has 2 rings (SSSR count). The first kappa shape index (κ1) is 18.8. The number of aromatic nitrogens is 2. The number of hydrogen-bond donors (Lipinski definition) is 1. The summed E-state index contributed by atoms with van der Waals surface area (Å²) >= 11 is 12.1. The summed E-state index contributed by atoms with van der Waals surface area (Å²) in [4.78, 5) is 11.2. The molecule has 24 heavy (non-hydrogen) atoms. The molecule has 4 nitrogen and oxygen atoms in total. The van der Waals surface area contributed by atoms with Gasteiger partial charge in [0, 0.05) is 41.9 Å². The lowest BCUT2D eigenvalue weighted by Gasteiger charge is -2.18. The molecule has 6 heteroatoms. The minimum absolute atomic E-state index is 0.655. The lowest BCUT2D eigenvalue weighted by Crippen LogP contribution is -2.22. The first-order valence-corrected chi connectivity index (χ1v) is 8.99. The highest BCUT2D eigenvalue weighted by Gasteiger charge is 2.07. The molecule has 1 N–H and O–H groups in total. The van der Waals surface area contributed by atoms with Crippen molar-refractivity contribution in [1.82, 2.24) is 9.97 Å². The maximum absolute atomic E-state index is 6.21. The average molecular weight is 367 g/mol. The van der Waals surface area contributed by atoms with Crippen LogP contribution in [-0.4, -0.2) is 30.1 Å². The monoisotopic (exact) mass is 366 g/mol. The molecule has 0 radical (unpaired) electrons. The van der Waals surface area contributed by atoms with E-state index in [9.17, 15) is 0 Å². The quantitative estimate of drug-likeness (QED) is 0.714. The van der Waals surface area contributed by atoms with Crippen LogP contribution < -0.4 is 10.2 Å². The van der Waals surface area contributed by atoms with Crippen molar-refractivity contribution in [3.63, 3.8) is 0 Å². The largest absolute Gasteiger partial charge is 0.370 e. The number of anilines is 2. The Morgan fingerprint density at radius 3 is 2.67 bits per heavy atom. The summed E-state index contributed by atoms with van der Waals surface area (Å²) in [6.07, 6.45) is 3.09. The highest BCUT2D eigenvalue weighted by atomic mass is 35.5. The number of hydrogen-bond acceptors (Lipinski definition) is 4. The van der Waals surface area contributed by atoms with Gasteiger partial charge in [0.2, 0.25) is 5.95 Å².